The van der Waals surface area contributed by atoms with Crippen LogP contribution in [0.15, 0.2) is 185 Å². The fraction of sp³-hybridized carbons (Fsp3) is 0. The molecule has 0 aliphatic rings. The first-order chi connectivity index (χ1) is 25.8. The number of pyridine rings is 1. The number of hydrogen-bond acceptors (Lipinski definition) is 3. The number of para-hydroxylation sites is 3. The lowest BCUT2D eigenvalue weighted by molar-refractivity contribution is 0.669. The molecule has 0 radical (unpaired) electrons. The van der Waals surface area contributed by atoms with Crippen molar-refractivity contribution in [3.8, 4) is 44.6 Å². The average molecular weight is 664 g/mol. The SMILES string of the molecule is c1ccc(-c2c3c(cc4c(-c5cccc(-c6cccc(-c7cccc8oc9ccccc9c78)c6)c5)nc5ccccc5c24)oc2ccccc23)cc1. The molecule has 0 N–H and O–H groups in total. The summed E-state index contributed by atoms with van der Waals surface area (Å²) < 4.78 is 12.8. The van der Waals surface area contributed by atoms with E-state index in [9.17, 15) is 0 Å². The van der Waals surface area contributed by atoms with Gasteiger partial charge in [0, 0.05) is 48.8 Å². The van der Waals surface area contributed by atoms with E-state index in [1.54, 1.807) is 0 Å². The van der Waals surface area contributed by atoms with Crippen molar-refractivity contribution in [1.82, 2.24) is 4.98 Å². The van der Waals surface area contributed by atoms with Crippen LogP contribution >= 0.6 is 0 Å². The normalized spacial score (nSPS) is 11.8. The minimum Gasteiger partial charge on any atom is -0.456 e. The van der Waals surface area contributed by atoms with Gasteiger partial charge in [-0.1, -0.05) is 133 Å². The van der Waals surface area contributed by atoms with E-state index in [-0.39, 0.29) is 0 Å². The summed E-state index contributed by atoms with van der Waals surface area (Å²) in [4.78, 5) is 5.37. The van der Waals surface area contributed by atoms with Gasteiger partial charge in [0.2, 0.25) is 0 Å². The van der Waals surface area contributed by atoms with Crippen LogP contribution in [0.25, 0.3) is 110 Å². The van der Waals surface area contributed by atoms with Gasteiger partial charge < -0.3 is 8.83 Å². The van der Waals surface area contributed by atoms with Crippen molar-refractivity contribution in [2.45, 2.75) is 0 Å². The van der Waals surface area contributed by atoms with Gasteiger partial charge in [0.15, 0.2) is 0 Å². The maximum absolute atomic E-state index is 6.59. The van der Waals surface area contributed by atoms with Gasteiger partial charge in [-0.05, 0) is 70.3 Å². The third-order valence-corrected chi connectivity index (χ3v) is 10.4. The van der Waals surface area contributed by atoms with E-state index in [1.807, 2.05) is 18.2 Å². The Hall–Kier alpha value is -6.97. The van der Waals surface area contributed by atoms with Crippen molar-refractivity contribution < 1.29 is 8.83 Å². The fourth-order valence-corrected chi connectivity index (χ4v) is 8.16. The van der Waals surface area contributed by atoms with Crippen LogP contribution in [-0.4, -0.2) is 4.98 Å². The van der Waals surface area contributed by atoms with Crippen LogP contribution in [0.4, 0.5) is 0 Å². The largest absolute Gasteiger partial charge is 0.456 e. The van der Waals surface area contributed by atoms with Gasteiger partial charge in [0.25, 0.3) is 0 Å². The molecule has 0 bridgehead atoms. The van der Waals surface area contributed by atoms with E-state index >= 15 is 0 Å². The Balaban J connectivity index is 1.15. The molecule has 242 valence electrons. The van der Waals surface area contributed by atoms with Crippen LogP contribution in [0.3, 0.4) is 0 Å². The highest BCUT2D eigenvalue weighted by Crippen LogP contribution is 2.46. The van der Waals surface area contributed by atoms with Gasteiger partial charge in [-0.25, -0.2) is 4.98 Å². The highest BCUT2D eigenvalue weighted by Gasteiger charge is 2.22. The molecule has 3 heterocycles. The summed E-state index contributed by atoms with van der Waals surface area (Å²) in [6.07, 6.45) is 0. The van der Waals surface area contributed by atoms with Crippen molar-refractivity contribution in [3.63, 3.8) is 0 Å². The fourth-order valence-electron chi connectivity index (χ4n) is 8.16. The van der Waals surface area contributed by atoms with Gasteiger partial charge >= 0.3 is 0 Å². The minimum atomic E-state index is 0.857. The standard InChI is InChI=1S/C49H29NO2/c1-2-13-30(14-3-1)45-47-36-19-4-7-23-40(36)50-49(39(47)29-44-48(45)38-21-6-9-25-42(38)52-44)34-18-11-16-32(28-34)31-15-10-17-33(27-31)35-22-12-26-43-46(35)37-20-5-8-24-41(37)51-43/h1-29H. The lowest BCUT2D eigenvalue weighted by Crippen LogP contribution is -1.93. The molecule has 0 aliphatic heterocycles. The van der Waals surface area contributed by atoms with Crippen molar-refractivity contribution in [2.24, 2.45) is 0 Å². The summed E-state index contributed by atoms with van der Waals surface area (Å²) in [5.41, 5.74) is 13.4. The zero-order valence-corrected chi connectivity index (χ0v) is 28.0. The monoisotopic (exact) mass is 663 g/mol. The molecule has 8 aromatic carbocycles. The Morgan fingerprint density at radius 1 is 0.327 bits per heavy atom. The van der Waals surface area contributed by atoms with Gasteiger partial charge in [-0.15, -0.1) is 0 Å². The molecule has 0 saturated carbocycles. The van der Waals surface area contributed by atoms with Crippen LogP contribution in [0.1, 0.15) is 0 Å². The van der Waals surface area contributed by atoms with Crippen LogP contribution in [0.5, 0.6) is 0 Å². The van der Waals surface area contributed by atoms with Gasteiger partial charge in [-0.3, -0.25) is 0 Å². The summed E-state index contributed by atoms with van der Waals surface area (Å²) in [5.74, 6) is 0. The molecule has 3 heteroatoms. The molecule has 0 atom stereocenters. The van der Waals surface area contributed by atoms with Crippen molar-refractivity contribution in [2.75, 3.05) is 0 Å². The molecule has 3 nitrogen and oxygen atoms in total. The molecule has 0 spiro atoms. The van der Waals surface area contributed by atoms with Crippen LogP contribution in [0, 0.1) is 0 Å². The lowest BCUT2D eigenvalue weighted by Gasteiger charge is -2.16. The van der Waals surface area contributed by atoms with Crippen LogP contribution < -0.4 is 0 Å². The third-order valence-electron chi connectivity index (χ3n) is 10.4. The summed E-state index contributed by atoms with van der Waals surface area (Å²) in [7, 11) is 0. The summed E-state index contributed by atoms with van der Waals surface area (Å²) in [6.45, 7) is 0. The predicted molar refractivity (Wildman–Crippen MR) is 216 cm³/mol. The molecule has 0 aliphatic carbocycles. The van der Waals surface area contributed by atoms with Crippen molar-refractivity contribution in [1.29, 1.82) is 0 Å². The van der Waals surface area contributed by atoms with Crippen LogP contribution in [0.2, 0.25) is 0 Å². The first kappa shape index (κ1) is 28.8. The maximum atomic E-state index is 6.59. The van der Waals surface area contributed by atoms with E-state index in [2.05, 4.69) is 158 Å². The molecular formula is C49H29NO2. The van der Waals surface area contributed by atoms with E-state index < -0.39 is 0 Å². The van der Waals surface area contributed by atoms with Crippen molar-refractivity contribution >= 4 is 65.6 Å². The highest BCUT2D eigenvalue weighted by atomic mass is 16.3. The maximum Gasteiger partial charge on any atom is 0.136 e. The first-order valence-corrected chi connectivity index (χ1v) is 17.6. The molecule has 0 unspecified atom stereocenters. The topological polar surface area (TPSA) is 39.2 Å². The molecule has 11 aromatic rings. The van der Waals surface area contributed by atoms with Gasteiger partial charge in [0.05, 0.1) is 11.2 Å². The molecular weight excluding hydrogens is 635 g/mol. The zero-order valence-electron chi connectivity index (χ0n) is 28.0. The second-order valence-corrected chi connectivity index (χ2v) is 13.4. The van der Waals surface area contributed by atoms with Crippen molar-refractivity contribution in [3.05, 3.63) is 176 Å². The molecule has 11 rings (SSSR count). The Bertz CT molecular complexity index is 3190. The second kappa shape index (κ2) is 11.3. The predicted octanol–water partition coefficient (Wildman–Crippen LogP) is 13.9. The molecule has 0 amide bonds. The number of hydrogen-bond donors (Lipinski definition) is 0. The van der Waals surface area contributed by atoms with E-state index in [0.29, 0.717) is 0 Å². The van der Waals surface area contributed by atoms with E-state index in [1.165, 1.54) is 10.9 Å². The summed E-state index contributed by atoms with van der Waals surface area (Å²) in [5, 5.41) is 7.87. The average Bonchev–Trinajstić information content (AvgIpc) is 3.78. The number of aromatic nitrogens is 1. The Morgan fingerprint density at radius 2 is 0.885 bits per heavy atom. The quantitative estimate of drug-likeness (QED) is 0.176. The summed E-state index contributed by atoms with van der Waals surface area (Å²) in [6, 6.07) is 61.9. The lowest BCUT2D eigenvalue weighted by atomic mass is 9.89. The van der Waals surface area contributed by atoms with Crippen LogP contribution in [-0.2, 0) is 0 Å². The van der Waals surface area contributed by atoms with Gasteiger partial charge in [-0.2, -0.15) is 0 Å². The summed E-state index contributed by atoms with van der Waals surface area (Å²) >= 11 is 0. The second-order valence-electron chi connectivity index (χ2n) is 13.4. The smallest absolute Gasteiger partial charge is 0.136 e. The number of rotatable bonds is 4. The number of furan rings is 2. The Kier molecular flexibility index (Phi) is 6.25. The van der Waals surface area contributed by atoms with E-state index in [4.69, 9.17) is 13.8 Å². The number of fused-ring (bicyclic) bond motifs is 9. The minimum absolute atomic E-state index is 0.857. The number of nitrogens with zero attached hydrogens (tertiary/aromatic N) is 1. The molecule has 0 saturated heterocycles. The first-order valence-electron chi connectivity index (χ1n) is 17.6. The molecule has 0 fully saturated rings. The highest BCUT2D eigenvalue weighted by molar-refractivity contribution is 6.27. The Labute approximate surface area is 299 Å². The third kappa shape index (κ3) is 4.36. The number of benzene rings is 8. The molecule has 52 heavy (non-hydrogen) atoms. The Morgan fingerprint density at radius 3 is 1.67 bits per heavy atom. The van der Waals surface area contributed by atoms with E-state index in [0.717, 1.165) is 99.2 Å². The van der Waals surface area contributed by atoms with Gasteiger partial charge in [0.1, 0.15) is 22.3 Å². The zero-order chi connectivity index (χ0) is 34.2. The molecule has 3 aromatic heterocycles.